The van der Waals surface area contributed by atoms with Crippen molar-refractivity contribution in [3.05, 3.63) is 0 Å². The molecule has 0 aliphatic carbocycles. The summed E-state index contributed by atoms with van der Waals surface area (Å²) in [7, 11) is 2.27. The van der Waals surface area contributed by atoms with Crippen molar-refractivity contribution in [2.24, 2.45) is 0 Å². The van der Waals surface area contributed by atoms with Crippen LogP contribution in [-0.2, 0) is 4.74 Å². The third kappa shape index (κ3) is 2.47. The first-order valence-electron chi connectivity index (χ1n) is 5.88. The monoisotopic (exact) mass is 198 g/mol. The van der Waals surface area contributed by atoms with Crippen molar-refractivity contribution in [2.75, 3.05) is 33.4 Å². The summed E-state index contributed by atoms with van der Waals surface area (Å²) in [6.45, 7) is 4.29. The predicted molar refractivity (Wildman–Crippen MR) is 57.5 cm³/mol. The van der Waals surface area contributed by atoms with Gasteiger partial charge >= 0.3 is 0 Å². The molecule has 2 atom stereocenters. The van der Waals surface area contributed by atoms with Crippen molar-refractivity contribution in [2.45, 2.75) is 37.8 Å². The summed E-state index contributed by atoms with van der Waals surface area (Å²) >= 11 is 0. The summed E-state index contributed by atoms with van der Waals surface area (Å²) in [6, 6.07) is 1.45. The molecule has 1 N–H and O–H groups in total. The molecule has 2 aliphatic heterocycles. The van der Waals surface area contributed by atoms with Gasteiger partial charge in [0.15, 0.2) is 0 Å². The summed E-state index contributed by atoms with van der Waals surface area (Å²) in [5.41, 5.74) is 0. The number of nitrogens with one attached hydrogen (secondary N) is 1. The Morgan fingerprint density at radius 3 is 2.86 bits per heavy atom. The van der Waals surface area contributed by atoms with Crippen LogP contribution in [0, 0.1) is 0 Å². The first-order chi connectivity index (χ1) is 6.88. The molecule has 0 aromatic heterocycles. The molecule has 0 amide bonds. The molecule has 2 unspecified atom stereocenters. The molecule has 2 rings (SSSR count). The Morgan fingerprint density at radius 1 is 1.14 bits per heavy atom. The van der Waals surface area contributed by atoms with Crippen molar-refractivity contribution in [1.82, 2.24) is 10.2 Å². The summed E-state index contributed by atoms with van der Waals surface area (Å²) < 4.78 is 5.44. The Kier molecular flexibility index (Phi) is 3.79. The molecule has 0 spiro atoms. The van der Waals surface area contributed by atoms with E-state index in [0.717, 1.165) is 19.3 Å². The van der Waals surface area contributed by atoms with Crippen LogP contribution >= 0.6 is 0 Å². The Hall–Kier alpha value is -0.120. The van der Waals surface area contributed by atoms with Crippen molar-refractivity contribution >= 4 is 0 Å². The zero-order valence-electron chi connectivity index (χ0n) is 9.17. The molecule has 0 aromatic rings. The highest BCUT2D eigenvalue weighted by Gasteiger charge is 2.26. The van der Waals surface area contributed by atoms with Crippen LogP contribution in [0.1, 0.15) is 25.7 Å². The van der Waals surface area contributed by atoms with Crippen LogP contribution in [0.3, 0.4) is 0 Å². The van der Waals surface area contributed by atoms with Gasteiger partial charge in [-0.15, -0.1) is 0 Å². The number of hydrogen-bond donors (Lipinski definition) is 1. The lowest BCUT2D eigenvalue weighted by molar-refractivity contribution is 0.126. The first kappa shape index (κ1) is 10.4. The molecule has 0 radical (unpaired) electrons. The van der Waals surface area contributed by atoms with E-state index in [9.17, 15) is 0 Å². The SMILES string of the molecule is CN(C1CCCNCC1)C1CCOC1. The minimum atomic E-state index is 0.679. The van der Waals surface area contributed by atoms with Gasteiger partial charge in [0.2, 0.25) is 0 Å². The number of hydrogen-bond acceptors (Lipinski definition) is 3. The molecule has 14 heavy (non-hydrogen) atoms. The quantitative estimate of drug-likeness (QED) is 0.712. The average Bonchev–Trinajstić information content (AvgIpc) is 2.59. The molecule has 3 nitrogen and oxygen atoms in total. The molecular weight excluding hydrogens is 176 g/mol. The van der Waals surface area contributed by atoms with E-state index in [4.69, 9.17) is 4.74 Å². The van der Waals surface area contributed by atoms with Gasteiger partial charge in [0.25, 0.3) is 0 Å². The van der Waals surface area contributed by atoms with E-state index in [0.29, 0.717) is 6.04 Å². The standard InChI is InChI=1S/C11H22N2O/c1-13(11-5-8-14-9-11)10-3-2-6-12-7-4-10/h10-12H,2-9H2,1H3. The van der Waals surface area contributed by atoms with Gasteiger partial charge in [-0.3, -0.25) is 4.90 Å². The number of likely N-dealkylation sites (N-methyl/N-ethyl adjacent to an activating group) is 1. The highest BCUT2D eigenvalue weighted by atomic mass is 16.5. The van der Waals surface area contributed by atoms with Crippen LogP contribution in [0.4, 0.5) is 0 Å². The molecule has 2 saturated heterocycles. The first-order valence-corrected chi connectivity index (χ1v) is 5.88. The molecular formula is C11H22N2O. The fourth-order valence-corrected chi connectivity index (χ4v) is 2.55. The van der Waals surface area contributed by atoms with Gasteiger partial charge in [0.05, 0.1) is 6.61 Å². The van der Waals surface area contributed by atoms with Crippen molar-refractivity contribution in [3.8, 4) is 0 Å². The van der Waals surface area contributed by atoms with E-state index in [1.807, 2.05) is 0 Å². The number of nitrogens with zero attached hydrogens (tertiary/aromatic N) is 1. The lowest BCUT2D eigenvalue weighted by Gasteiger charge is -2.31. The summed E-state index contributed by atoms with van der Waals surface area (Å²) in [4.78, 5) is 2.56. The zero-order valence-corrected chi connectivity index (χ0v) is 9.17. The molecule has 2 fully saturated rings. The van der Waals surface area contributed by atoms with Gasteiger partial charge in [-0.25, -0.2) is 0 Å². The highest BCUT2D eigenvalue weighted by Crippen LogP contribution is 2.19. The van der Waals surface area contributed by atoms with Gasteiger partial charge in [0, 0.05) is 18.7 Å². The predicted octanol–water partition coefficient (Wildman–Crippen LogP) is 0.849. The third-order valence-corrected chi connectivity index (χ3v) is 3.60. The van der Waals surface area contributed by atoms with Crippen molar-refractivity contribution in [3.63, 3.8) is 0 Å². The van der Waals surface area contributed by atoms with E-state index >= 15 is 0 Å². The maximum absolute atomic E-state index is 5.44. The van der Waals surface area contributed by atoms with Gasteiger partial charge < -0.3 is 10.1 Å². The van der Waals surface area contributed by atoms with Crippen LogP contribution in [0.25, 0.3) is 0 Å². The lowest BCUT2D eigenvalue weighted by atomic mass is 10.1. The van der Waals surface area contributed by atoms with Crippen molar-refractivity contribution < 1.29 is 4.74 Å². The van der Waals surface area contributed by atoms with Gasteiger partial charge in [-0.05, 0) is 45.8 Å². The summed E-state index contributed by atoms with van der Waals surface area (Å²) in [5.74, 6) is 0. The second-order valence-electron chi connectivity index (χ2n) is 4.52. The van der Waals surface area contributed by atoms with Crippen LogP contribution in [0.15, 0.2) is 0 Å². The minimum absolute atomic E-state index is 0.679. The Balaban J connectivity index is 1.84. The second kappa shape index (κ2) is 5.10. The van der Waals surface area contributed by atoms with E-state index in [1.54, 1.807) is 0 Å². The second-order valence-corrected chi connectivity index (χ2v) is 4.52. The molecule has 0 bridgehead atoms. The minimum Gasteiger partial charge on any atom is -0.380 e. The van der Waals surface area contributed by atoms with Crippen LogP contribution in [-0.4, -0.2) is 50.3 Å². The van der Waals surface area contributed by atoms with E-state index in [-0.39, 0.29) is 0 Å². The van der Waals surface area contributed by atoms with Gasteiger partial charge in [-0.2, -0.15) is 0 Å². The maximum Gasteiger partial charge on any atom is 0.0622 e. The fraction of sp³-hybridized carbons (Fsp3) is 1.00. The molecule has 0 aromatic carbocycles. The zero-order chi connectivity index (χ0) is 9.80. The largest absolute Gasteiger partial charge is 0.380 e. The Bertz CT molecular complexity index is 161. The van der Waals surface area contributed by atoms with E-state index in [2.05, 4.69) is 17.3 Å². The molecule has 3 heteroatoms. The van der Waals surface area contributed by atoms with Crippen molar-refractivity contribution in [1.29, 1.82) is 0 Å². The lowest BCUT2D eigenvalue weighted by Crippen LogP contribution is -2.41. The van der Waals surface area contributed by atoms with E-state index < -0.39 is 0 Å². The van der Waals surface area contributed by atoms with Gasteiger partial charge in [0.1, 0.15) is 0 Å². The topological polar surface area (TPSA) is 24.5 Å². The van der Waals surface area contributed by atoms with Crippen LogP contribution in [0.2, 0.25) is 0 Å². The third-order valence-electron chi connectivity index (χ3n) is 3.60. The highest BCUT2D eigenvalue weighted by molar-refractivity contribution is 4.81. The normalized spacial score (nSPS) is 34.7. The van der Waals surface area contributed by atoms with Gasteiger partial charge in [-0.1, -0.05) is 0 Å². The summed E-state index contributed by atoms with van der Waals surface area (Å²) in [5, 5.41) is 3.46. The molecule has 2 heterocycles. The summed E-state index contributed by atoms with van der Waals surface area (Å²) in [6.07, 6.45) is 5.19. The smallest absolute Gasteiger partial charge is 0.0622 e. The molecule has 0 saturated carbocycles. The fourth-order valence-electron chi connectivity index (χ4n) is 2.55. The average molecular weight is 198 g/mol. The maximum atomic E-state index is 5.44. The van der Waals surface area contributed by atoms with Crippen LogP contribution < -0.4 is 5.32 Å². The Morgan fingerprint density at radius 2 is 2.07 bits per heavy atom. The number of rotatable bonds is 2. The molecule has 82 valence electrons. The van der Waals surface area contributed by atoms with E-state index in [1.165, 1.54) is 38.8 Å². The Labute approximate surface area is 86.8 Å². The van der Waals surface area contributed by atoms with Crippen LogP contribution in [0.5, 0.6) is 0 Å². The molecule has 2 aliphatic rings. The number of ether oxygens (including phenoxy) is 1.